The minimum atomic E-state index is -0.695. The zero-order valence-electron chi connectivity index (χ0n) is 13.1. The molecule has 1 aromatic rings. The van der Waals surface area contributed by atoms with Gasteiger partial charge in [-0.2, -0.15) is 0 Å². The van der Waals surface area contributed by atoms with Gasteiger partial charge in [0, 0.05) is 12.1 Å². The topological polar surface area (TPSA) is 48.0 Å². The van der Waals surface area contributed by atoms with Crippen LogP contribution in [0, 0.1) is 0 Å². The number of hydrogen-bond donors (Lipinski definition) is 0. The zero-order chi connectivity index (χ0) is 15.5. The number of esters is 1. The minimum absolute atomic E-state index is 0.0514. The van der Waals surface area contributed by atoms with Gasteiger partial charge in [-0.05, 0) is 40.0 Å². The van der Waals surface area contributed by atoms with E-state index in [0.29, 0.717) is 24.7 Å². The Morgan fingerprint density at radius 1 is 1.33 bits per heavy atom. The predicted molar refractivity (Wildman–Crippen MR) is 79.7 cm³/mol. The first-order valence-corrected chi connectivity index (χ1v) is 7.14. The normalized spacial score (nSPS) is 17.7. The monoisotopic (exact) mass is 293 g/mol. The van der Waals surface area contributed by atoms with E-state index in [-0.39, 0.29) is 18.1 Å². The van der Waals surface area contributed by atoms with E-state index in [2.05, 4.69) is 25.7 Å². The van der Waals surface area contributed by atoms with Crippen molar-refractivity contribution in [2.75, 3.05) is 26.8 Å². The molecule has 0 N–H and O–H groups in total. The molecular formula is C16H23NO4. The number of rotatable bonds is 4. The molecule has 0 saturated carbocycles. The van der Waals surface area contributed by atoms with E-state index in [1.807, 2.05) is 25.2 Å². The van der Waals surface area contributed by atoms with Crippen molar-refractivity contribution in [3.05, 3.63) is 24.3 Å². The van der Waals surface area contributed by atoms with Crippen molar-refractivity contribution in [3.63, 3.8) is 0 Å². The highest BCUT2D eigenvalue weighted by atomic mass is 16.6. The minimum Gasteiger partial charge on any atom is -0.485 e. The van der Waals surface area contributed by atoms with E-state index in [4.69, 9.17) is 14.2 Å². The second kappa shape index (κ2) is 6.35. The van der Waals surface area contributed by atoms with Gasteiger partial charge in [-0.1, -0.05) is 12.1 Å². The summed E-state index contributed by atoms with van der Waals surface area (Å²) >= 11 is 0. The summed E-state index contributed by atoms with van der Waals surface area (Å²) in [6.07, 6.45) is -0.695. The molecule has 2 rings (SSSR count). The van der Waals surface area contributed by atoms with Crippen LogP contribution in [-0.2, 0) is 9.53 Å². The van der Waals surface area contributed by atoms with E-state index in [9.17, 15) is 4.79 Å². The van der Waals surface area contributed by atoms with Crippen molar-refractivity contribution in [1.82, 2.24) is 4.90 Å². The molecule has 116 valence electrons. The molecule has 0 amide bonds. The van der Waals surface area contributed by atoms with Crippen molar-refractivity contribution in [1.29, 1.82) is 0 Å². The third-order valence-corrected chi connectivity index (χ3v) is 3.59. The average molecular weight is 293 g/mol. The van der Waals surface area contributed by atoms with Gasteiger partial charge in [0.15, 0.2) is 11.5 Å². The largest absolute Gasteiger partial charge is 0.485 e. The summed E-state index contributed by atoms with van der Waals surface area (Å²) in [7, 11) is 2.00. The molecular weight excluding hydrogens is 270 g/mol. The Morgan fingerprint density at radius 2 is 2.00 bits per heavy atom. The number of para-hydroxylation sites is 2. The maximum absolute atomic E-state index is 12.0. The van der Waals surface area contributed by atoms with Crippen LogP contribution in [0.15, 0.2) is 24.3 Å². The molecule has 0 aromatic heterocycles. The first-order valence-electron chi connectivity index (χ1n) is 7.14. The lowest BCUT2D eigenvalue weighted by atomic mass is 10.1. The standard InChI is InChI=1S/C16H23NO4/c1-16(2,3)17(4)9-10-19-15(18)14-11-20-12-7-5-6-8-13(12)21-14/h5-8,14H,9-11H2,1-4H3/t14-/m0/s1. The summed E-state index contributed by atoms with van der Waals surface area (Å²) in [5, 5.41) is 0. The van der Waals surface area contributed by atoms with Crippen molar-refractivity contribution >= 4 is 5.97 Å². The molecule has 0 spiro atoms. The maximum Gasteiger partial charge on any atom is 0.351 e. The number of likely N-dealkylation sites (N-methyl/N-ethyl adjacent to an activating group) is 1. The Kier molecular flexibility index (Phi) is 4.73. The van der Waals surface area contributed by atoms with Gasteiger partial charge >= 0.3 is 5.97 Å². The Labute approximate surface area is 125 Å². The zero-order valence-corrected chi connectivity index (χ0v) is 13.1. The molecule has 1 atom stereocenters. The molecule has 0 unspecified atom stereocenters. The van der Waals surface area contributed by atoms with E-state index in [0.717, 1.165) is 0 Å². The summed E-state index contributed by atoms with van der Waals surface area (Å²) in [5.41, 5.74) is 0.0514. The molecule has 0 saturated heterocycles. The molecule has 0 bridgehead atoms. The second-order valence-corrected chi connectivity index (χ2v) is 6.12. The van der Waals surface area contributed by atoms with E-state index < -0.39 is 6.10 Å². The number of fused-ring (bicyclic) bond motifs is 1. The number of benzene rings is 1. The number of carbonyl (C=O) groups excluding carboxylic acids is 1. The van der Waals surface area contributed by atoms with Crippen LogP contribution in [0.5, 0.6) is 11.5 Å². The molecule has 0 radical (unpaired) electrons. The molecule has 1 aliphatic heterocycles. The summed E-state index contributed by atoms with van der Waals surface area (Å²) in [4.78, 5) is 14.1. The van der Waals surface area contributed by atoms with Gasteiger partial charge in [-0.25, -0.2) is 4.79 Å². The first-order chi connectivity index (χ1) is 9.88. The Balaban J connectivity index is 1.80. The molecule has 1 aliphatic rings. The average Bonchev–Trinajstić information content (AvgIpc) is 2.45. The van der Waals surface area contributed by atoms with Crippen LogP contribution in [0.25, 0.3) is 0 Å². The van der Waals surface area contributed by atoms with Gasteiger partial charge in [-0.3, -0.25) is 4.90 Å². The summed E-state index contributed by atoms with van der Waals surface area (Å²) < 4.78 is 16.4. The van der Waals surface area contributed by atoms with Crippen LogP contribution < -0.4 is 9.47 Å². The van der Waals surface area contributed by atoms with Crippen molar-refractivity contribution in [2.24, 2.45) is 0 Å². The fourth-order valence-corrected chi connectivity index (χ4v) is 1.85. The SMILES string of the molecule is CN(CCOC(=O)[C@@H]1COc2ccccc2O1)C(C)(C)C. The van der Waals surface area contributed by atoms with Crippen LogP contribution >= 0.6 is 0 Å². The van der Waals surface area contributed by atoms with Crippen LogP contribution in [0.3, 0.4) is 0 Å². The molecule has 0 aliphatic carbocycles. The van der Waals surface area contributed by atoms with Crippen molar-refractivity contribution in [3.8, 4) is 11.5 Å². The smallest absolute Gasteiger partial charge is 0.351 e. The van der Waals surface area contributed by atoms with Gasteiger partial charge in [0.05, 0.1) is 0 Å². The van der Waals surface area contributed by atoms with E-state index in [1.165, 1.54) is 0 Å². The van der Waals surface area contributed by atoms with Gasteiger partial charge in [0.25, 0.3) is 0 Å². The van der Waals surface area contributed by atoms with E-state index >= 15 is 0 Å². The highest BCUT2D eigenvalue weighted by molar-refractivity contribution is 5.76. The lowest BCUT2D eigenvalue weighted by molar-refractivity contribution is -0.155. The van der Waals surface area contributed by atoms with Crippen molar-refractivity contribution < 1.29 is 19.0 Å². The highest BCUT2D eigenvalue weighted by Gasteiger charge is 2.28. The number of ether oxygens (including phenoxy) is 3. The molecule has 0 fully saturated rings. The number of nitrogens with zero attached hydrogens (tertiary/aromatic N) is 1. The fourth-order valence-electron chi connectivity index (χ4n) is 1.85. The first kappa shape index (κ1) is 15.6. The number of hydrogen-bond acceptors (Lipinski definition) is 5. The summed E-state index contributed by atoms with van der Waals surface area (Å²) in [6.45, 7) is 7.55. The van der Waals surface area contributed by atoms with Gasteiger partial charge in [-0.15, -0.1) is 0 Å². The van der Waals surface area contributed by atoms with Crippen LogP contribution in [-0.4, -0.2) is 49.3 Å². The quantitative estimate of drug-likeness (QED) is 0.796. The third-order valence-electron chi connectivity index (χ3n) is 3.59. The highest BCUT2D eigenvalue weighted by Crippen LogP contribution is 2.31. The van der Waals surface area contributed by atoms with Gasteiger partial charge < -0.3 is 14.2 Å². The fraction of sp³-hybridized carbons (Fsp3) is 0.562. The van der Waals surface area contributed by atoms with E-state index in [1.54, 1.807) is 6.07 Å². The van der Waals surface area contributed by atoms with Crippen LogP contribution in [0.4, 0.5) is 0 Å². The Bertz CT molecular complexity index is 495. The Hall–Kier alpha value is -1.75. The maximum atomic E-state index is 12.0. The van der Waals surface area contributed by atoms with Gasteiger partial charge in [0.1, 0.15) is 13.2 Å². The molecule has 5 nitrogen and oxygen atoms in total. The lowest BCUT2D eigenvalue weighted by Crippen LogP contribution is -2.42. The Morgan fingerprint density at radius 3 is 2.67 bits per heavy atom. The summed E-state index contributed by atoms with van der Waals surface area (Å²) in [6, 6.07) is 7.30. The second-order valence-electron chi connectivity index (χ2n) is 6.12. The lowest BCUT2D eigenvalue weighted by Gasteiger charge is -2.31. The molecule has 1 heterocycles. The van der Waals surface area contributed by atoms with Crippen LogP contribution in [0.1, 0.15) is 20.8 Å². The molecule has 5 heteroatoms. The number of carbonyl (C=O) groups is 1. The third kappa shape index (κ3) is 4.11. The molecule has 1 aromatic carbocycles. The summed E-state index contributed by atoms with van der Waals surface area (Å²) in [5.74, 6) is 0.860. The van der Waals surface area contributed by atoms with Crippen molar-refractivity contribution in [2.45, 2.75) is 32.4 Å². The van der Waals surface area contributed by atoms with Gasteiger partial charge in [0.2, 0.25) is 6.10 Å². The predicted octanol–water partition coefficient (Wildman–Crippen LogP) is 2.10. The van der Waals surface area contributed by atoms with Crippen LogP contribution in [0.2, 0.25) is 0 Å². The molecule has 21 heavy (non-hydrogen) atoms.